The molecular weight excluding hydrogens is 308 g/mol. The SMILES string of the molecule is Cn1c(SCc2cn3ccccc3n2)nc2ccccc2c1=O. The number of thioether (sulfide) groups is 1. The van der Waals surface area contributed by atoms with E-state index >= 15 is 0 Å². The molecule has 0 amide bonds. The van der Waals surface area contributed by atoms with Crippen LogP contribution in [0.4, 0.5) is 0 Å². The van der Waals surface area contributed by atoms with Crippen LogP contribution in [0.1, 0.15) is 5.69 Å². The highest BCUT2D eigenvalue weighted by Crippen LogP contribution is 2.21. The van der Waals surface area contributed by atoms with Gasteiger partial charge >= 0.3 is 0 Å². The number of rotatable bonds is 3. The van der Waals surface area contributed by atoms with Crippen molar-refractivity contribution in [2.24, 2.45) is 7.05 Å². The summed E-state index contributed by atoms with van der Waals surface area (Å²) in [6, 6.07) is 13.3. The lowest BCUT2D eigenvalue weighted by Crippen LogP contribution is -2.19. The normalized spacial score (nSPS) is 11.3. The van der Waals surface area contributed by atoms with Gasteiger partial charge in [-0.2, -0.15) is 0 Å². The van der Waals surface area contributed by atoms with Crippen molar-refractivity contribution in [2.75, 3.05) is 0 Å². The number of pyridine rings is 1. The van der Waals surface area contributed by atoms with E-state index in [1.54, 1.807) is 17.7 Å². The van der Waals surface area contributed by atoms with Gasteiger partial charge in [0, 0.05) is 25.2 Å². The van der Waals surface area contributed by atoms with E-state index in [-0.39, 0.29) is 5.56 Å². The summed E-state index contributed by atoms with van der Waals surface area (Å²) in [5, 5.41) is 1.35. The molecule has 0 saturated carbocycles. The minimum atomic E-state index is -0.0203. The van der Waals surface area contributed by atoms with Crippen molar-refractivity contribution in [2.45, 2.75) is 10.9 Å². The predicted molar refractivity (Wildman–Crippen MR) is 91.7 cm³/mol. The van der Waals surface area contributed by atoms with Crippen LogP contribution >= 0.6 is 11.8 Å². The number of aromatic nitrogens is 4. The van der Waals surface area contributed by atoms with Gasteiger partial charge < -0.3 is 4.40 Å². The highest BCUT2D eigenvalue weighted by Gasteiger charge is 2.09. The maximum atomic E-state index is 12.4. The number of nitrogens with zero attached hydrogens (tertiary/aromatic N) is 4. The lowest BCUT2D eigenvalue weighted by atomic mass is 10.2. The van der Waals surface area contributed by atoms with E-state index in [9.17, 15) is 4.79 Å². The Hall–Kier alpha value is -2.60. The second-order valence-corrected chi connectivity index (χ2v) is 6.21. The molecule has 0 N–H and O–H groups in total. The molecular formula is C17H14N4OS. The van der Waals surface area contributed by atoms with Gasteiger partial charge in [-0.25, -0.2) is 9.97 Å². The van der Waals surface area contributed by atoms with E-state index in [1.807, 2.05) is 53.2 Å². The molecule has 0 aliphatic rings. The lowest BCUT2D eigenvalue weighted by Gasteiger charge is -2.07. The molecule has 0 saturated heterocycles. The first kappa shape index (κ1) is 14.0. The molecule has 0 aliphatic heterocycles. The van der Waals surface area contributed by atoms with Crippen molar-refractivity contribution in [3.05, 3.63) is 70.9 Å². The molecule has 1 aromatic carbocycles. The van der Waals surface area contributed by atoms with Crippen LogP contribution in [0, 0.1) is 0 Å². The van der Waals surface area contributed by atoms with E-state index in [0.717, 1.165) is 16.9 Å². The van der Waals surface area contributed by atoms with Crippen molar-refractivity contribution in [3.8, 4) is 0 Å². The molecule has 23 heavy (non-hydrogen) atoms. The lowest BCUT2D eigenvalue weighted by molar-refractivity contribution is 0.726. The van der Waals surface area contributed by atoms with Crippen LogP contribution in [0.15, 0.2) is 64.8 Å². The fraction of sp³-hybridized carbons (Fsp3) is 0.118. The largest absolute Gasteiger partial charge is 0.307 e. The zero-order valence-electron chi connectivity index (χ0n) is 12.5. The van der Waals surface area contributed by atoms with E-state index in [1.165, 1.54) is 11.8 Å². The van der Waals surface area contributed by atoms with Crippen molar-refractivity contribution in [3.63, 3.8) is 0 Å². The number of imidazole rings is 1. The van der Waals surface area contributed by atoms with Gasteiger partial charge in [-0.15, -0.1) is 0 Å². The van der Waals surface area contributed by atoms with Gasteiger partial charge in [0.2, 0.25) is 0 Å². The minimum Gasteiger partial charge on any atom is -0.307 e. The predicted octanol–water partition coefficient (Wildman–Crippen LogP) is 2.87. The summed E-state index contributed by atoms with van der Waals surface area (Å²) in [6.07, 6.45) is 3.97. The molecule has 0 unspecified atom stereocenters. The summed E-state index contributed by atoms with van der Waals surface area (Å²) in [6.45, 7) is 0. The molecule has 3 heterocycles. The van der Waals surface area contributed by atoms with E-state index in [0.29, 0.717) is 16.3 Å². The molecule has 114 valence electrons. The van der Waals surface area contributed by atoms with Crippen LogP contribution in [0.5, 0.6) is 0 Å². The smallest absolute Gasteiger partial charge is 0.261 e. The highest BCUT2D eigenvalue weighted by molar-refractivity contribution is 7.98. The Morgan fingerprint density at radius 2 is 1.91 bits per heavy atom. The third-order valence-corrected chi connectivity index (χ3v) is 4.77. The fourth-order valence-electron chi connectivity index (χ4n) is 2.52. The molecule has 0 radical (unpaired) electrons. The highest BCUT2D eigenvalue weighted by atomic mass is 32.2. The van der Waals surface area contributed by atoms with Gasteiger partial charge in [-0.05, 0) is 24.3 Å². The Balaban J connectivity index is 1.67. The molecule has 3 aromatic heterocycles. The second kappa shape index (κ2) is 5.55. The van der Waals surface area contributed by atoms with Gasteiger partial charge in [0.15, 0.2) is 5.16 Å². The topological polar surface area (TPSA) is 52.2 Å². The summed E-state index contributed by atoms with van der Waals surface area (Å²) in [5.41, 5.74) is 2.59. The minimum absolute atomic E-state index is 0.0203. The average Bonchev–Trinajstić information content (AvgIpc) is 3.00. The summed E-state index contributed by atoms with van der Waals surface area (Å²) < 4.78 is 3.59. The number of benzene rings is 1. The maximum Gasteiger partial charge on any atom is 0.261 e. The molecule has 0 spiro atoms. The zero-order valence-corrected chi connectivity index (χ0v) is 13.3. The van der Waals surface area contributed by atoms with Gasteiger partial charge in [0.05, 0.1) is 16.6 Å². The number of hydrogen-bond donors (Lipinski definition) is 0. The Morgan fingerprint density at radius 3 is 2.78 bits per heavy atom. The van der Waals surface area contributed by atoms with Crippen molar-refractivity contribution in [1.82, 2.24) is 18.9 Å². The van der Waals surface area contributed by atoms with Crippen LogP contribution in [-0.2, 0) is 12.8 Å². The van der Waals surface area contributed by atoms with Crippen LogP contribution < -0.4 is 5.56 Å². The molecule has 0 atom stereocenters. The Kier molecular flexibility index (Phi) is 3.38. The second-order valence-electron chi connectivity index (χ2n) is 5.26. The third kappa shape index (κ3) is 2.51. The van der Waals surface area contributed by atoms with Crippen LogP contribution in [-0.4, -0.2) is 18.9 Å². The quantitative estimate of drug-likeness (QED) is 0.430. The molecule has 5 nitrogen and oxygen atoms in total. The summed E-state index contributed by atoms with van der Waals surface area (Å²) in [4.78, 5) is 21.6. The van der Waals surface area contributed by atoms with Crippen molar-refractivity contribution < 1.29 is 0 Å². The van der Waals surface area contributed by atoms with Gasteiger partial charge in [0.25, 0.3) is 5.56 Å². The van der Waals surface area contributed by atoms with Crippen molar-refractivity contribution >= 4 is 28.3 Å². The fourth-order valence-corrected chi connectivity index (χ4v) is 3.38. The first-order valence-electron chi connectivity index (χ1n) is 7.23. The molecule has 0 fully saturated rings. The summed E-state index contributed by atoms with van der Waals surface area (Å²) >= 11 is 1.52. The summed E-state index contributed by atoms with van der Waals surface area (Å²) in [7, 11) is 1.76. The van der Waals surface area contributed by atoms with Crippen LogP contribution in [0.25, 0.3) is 16.6 Å². The third-order valence-electron chi connectivity index (χ3n) is 3.71. The number of hydrogen-bond acceptors (Lipinski definition) is 4. The maximum absolute atomic E-state index is 12.4. The van der Waals surface area contributed by atoms with E-state index in [4.69, 9.17) is 0 Å². The van der Waals surface area contributed by atoms with Gasteiger partial charge in [-0.3, -0.25) is 9.36 Å². The standard InChI is InChI=1S/C17H14N4OS/c1-20-16(22)13-6-2-3-7-14(13)19-17(20)23-11-12-10-21-9-5-4-8-15(21)18-12/h2-10H,11H2,1H3. The first-order valence-corrected chi connectivity index (χ1v) is 8.22. The van der Waals surface area contributed by atoms with Crippen LogP contribution in [0.3, 0.4) is 0 Å². The van der Waals surface area contributed by atoms with Crippen LogP contribution in [0.2, 0.25) is 0 Å². The molecule has 0 aliphatic carbocycles. The number of fused-ring (bicyclic) bond motifs is 2. The average molecular weight is 322 g/mol. The molecule has 0 bridgehead atoms. The monoisotopic (exact) mass is 322 g/mol. The summed E-state index contributed by atoms with van der Waals surface area (Å²) in [5.74, 6) is 0.667. The molecule has 4 rings (SSSR count). The van der Waals surface area contributed by atoms with Gasteiger partial charge in [-0.1, -0.05) is 30.0 Å². The Morgan fingerprint density at radius 1 is 1.09 bits per heavy atom. The number of para-hydroxylation sites is 1. The van der Waals surface area contributed by atoms with E-state index < -0.39 is 0 Å². The Labute approximate surface area is 136 Å². The van der Waals surface area contributed by atoms with Gasteiger partial charge in [0.1, 0.15) is 5.65 Å². The zero-order chi connectivity index (χ0) is 15.8. The first-order chi connectivity index (χ1) is 11.2. The molecule has 4 aromatic rings. The molecule has 6 heteroatoms. The van der Waals surface area contributed by atoms with Crippen molar-refractivity contribution in [1.29, 1.82) is 0 Å². The van der Waals surface area contributed by atoms with E-state index in [2.05, 4.69) is 9.97 Å². The Bertz CT molecular complexity index is 1030.